The van der Waals surface area contributed by atoms with E-state index in [2.05, 4.69) is 24.8 Å². The maximum Gasteiger partial charge on any atom is 0.309 e. The SMILES string of the molecule is COC(=O)Cc1ccccc1CN(CCC#N)C(C)C. The number of carbonyl (C=O) groups excluding carboxylic acids is 1. The molecule has 0 fully saturated rings. The lowest BCUT2D eigenvalue weighted by molar-refractivity contribution is -0.139. The Balaban J connectivity index is 2.84. The minimum Gasteiger partial charge on any atom is -0.469 e. The first kappa shape index (κ1) is 16.2. The highest BCUT2D eigenvalue weighted by molar-refractivity contribution is 5.72. The van der Waals surface area contributed by atoms with Gasteiger partial charge in [-0.2, -0.15) is 5.26 Å². The molecule has 4 heteroatoms. The number of nitrogens with zero attached hydrogens (tertiary/aromatic N) is 2. The summed E-state index contributed by atoms with van der Waals surface area (Å²) in [5.41, 5.74) is 2.10. The van der Waals surface area contributed by atoms with Gasteiger partial charge in [0.25, 0.3) is 0 Å². The molecule has 0 aliphatic heterocycles. The molecular formula is C16H22N2O2. The van der Waals surface area contributed by atoms with Crippen LogP contribution in [0.15, 0.2) is 24.3 Å². The van der Waals surface area contributed by atoms with Gasteiger partial charge in [0.1, 0.15) is 0 Å². The van der Waals surface area contributed by atoms with Crippen molar-refractivity contribution < 1.29 is 9.53 Å². The predicted octanol–water partition coefficient (Wildman–Crippen LogP) is 2.53. The second-order valence-corrected chi connectivity index (χ2v) is 4.99. The zero-order valence-corrected chi connectivity index (χ0v) is 12.4. The number of hydrogen-bond acceptors (Lipinski definition) is 4. The van der Waals surface area contributed by atoms with Crippen molar-refractivity contribution in [2.75, 3.05) is 13.7 Å². The summed E-state index contributed by atoms with van der Waals surface area (Å²) in [6.07, 6.45) is 0.800. The van der Waals surface area contributed by atoms with Crippen LogP contribution in [0, 0.1) is 11.3 Å². The minimum atomic E-state index is -0.231. The normalized spacial score (nSPS) is 10.6. The first-order valence-electron chi connectivity index (χ1n) is 6.83. The van der Waals surface area contributed by atoms with Gasteiger partial charge in [0, 0.05) is 25.6 Å². The molecule has 0 aliphatic rings. The molecule has 0 amide bonds. The van der Waals surface area contributed by atoms with Crippen molar-refractivity contribution in [1.29, 1.82) is 5.26 Å². The van der Waals surface area contributed by atoms with Crippen molar-refractivity contribution in [3.05, 3.63) is 35.4 Å². The zero-order chi connectivity index (χ0) is 15.0. The molecular weight excluding hydrogens is 252 g/mol. The van der Waals surface area contributed by atoms with E-state index in [1.54, 1.807) is 0 Å². The van der Waals surface area contributed by atoms with Gasteiger partial charge in [0.05, 0.1) is 19.6 Å². The molecule has 0 aliphatic carbocycles. The van der Waals surface area contributed by atoms with E-state index in [0.717, 1.165) is 24.2 Å². The number of carbonyl (C=O) groups is 1. The lowest BCUT2D eigenvalue weighted by Gasteiger charge is -2.26. The Bertz CT molecular complexity index is 478. The average molecular weight is 274 g/mol. The van der Waals surface area contributed by atoms with Crippen LogP contribution in [0.3, 0.4) is 0 Å². The summed E-state index contributed by atoms with van der Waals surface area (Å²) < 4.78 is 4.73. The Kier molecular flexibility index (Phi) is 6.75. The quantitative estimate of drug-likeness (QED) is 0.717. The van der Waals surface area contributed by atoms with Crippen LogP contribution in [0.25, 0.3) is 0 Å². The smallest absolute Gasteiger partial charge is 0.309 e. The van der Waals surface area contributed by atoms with Crippen LogP contribution in [-0.2, 0) is 22.5 Å². The van der Waals surface area contributed by atoms with E-state index < -0.39 is 0 Å². The van der Waals surface area contributed by atoms with E-state index >= 15 is 0 Å². The first-order chi connectivity index (χ1) is 9.58. The van der Waals surface area contributed by atoms with Crippen molar-refractivity contribution in [3.63, 3.8) is 0 Å². The van der Waals surface area contributed by atoms with Gasteiger partial charge in [-0.25, -0.2) is 0 Å². The third kappa shape index (κ3) is 5.02. The summed E-state index contributed by atoms with van der Waals surface area (Å²) in [4.78, 5) is 13.7. The molecule has 0 bridgehead atoms. The van der Waals surface area contributed by atoms with Gasteiger partial charge >= 0.3 is 5.97 Å². The number of ether oxygens (including phenoxy) is 1. The van der Waals surface area contributed by atoms with Gasteiger partial charge in [-0.1, -0.05) is 24.3 Å². The van der Waals surface area contributed by atoms with Crippen molar-refractivity contribution in [3.8, 4) is 6.07 Å². The summed E-state index contributed by atoms with van der Waals surface area (Å²) in [6.45, 7) is 5.70. The Morgan fingerprint density at radius 2 is 2.00 bits per heavy atom. The molecule has 4 nitrogen and oxygen atoms in total. The molecule has 1 rings (SSSR count). The van der Waals surface area contributed by atoms with E-state index in [4.69, 9.17) is 10.00 Å². The Morgan fingerprint density at radius 1 is 1.35 bits per heavy atom. The van der Waals surface area contributed by atoms with Gasteiger partial charge in [-0.15, -0.1) is 0 Å². The lowest BCUT2D eigenvalue weighted by Crippen LogP contribution is -2.31. The van der Waals surface area contributed by atoms with Gasteiger partial charge < -0.3 is 4.74 Å². The van der Waals surface area contributed by atoms with E-state index in [1.807, 2.05) is 24.3 Å². The molecule has 0 saturated carbocycles. The number of benzene rings is 1. The van der Waals surface area contributed by atoms with E-state index in [9.17, 15) is 4.79 Å². The Hall–Kier alpha value is -1.86. The molecule has 108 valence electrons. The maximum absolute atomic E-state index is 11.4. The molecule has 0 N–H and O–H groups in total. The molecule has 20 heavy (non-hydrogen) atoms. The number of methoxy groups -OCH3 is 1. The van der Waals surface area contributed by atoms with Gasteiger partial charge in [-0.3, -0.25) is 9.69 Å². The largest absolute Gasteiger partial charge is 0.469 e. The molecule has 0 aromatic heterocycles. The Labute approximate surface area is 121 Å². The minimum absolute atomic E-state index is 0.231. The summed E-state index contributed by atoms with van der Waals surface area (Å²) in [6, 6.07) is 10.4. The predicted molar refractivity (Wildman–Crippen MR) is 77.9 cm³/mol. The van der Waals surface area contributed by atoms with Crippen LogP contribution in [0.1, 0.15) is 31.4 Å². The van der Waals surface area contributed by atoms with E-state index in [1.165, 1.54) is 7.11 Å². The summed E-state index contributed by atoms with van der Waals surface area (Å²) in [7, 11) is 1.40. The number of rotatable bonds is 7. The average Bonchev–Trinajstić information content (AvgIpc) is 2.44. The van der Waals surface area contributed by atoms with Gasteiger partial charge in [-0.05, 0) is 25.0 Å². The highest BCUT2D eigenvalue weighted by Gasteiger charge is 2.13. The summed E-state index contributed by atoms with van der Waals surface area (Å²) >= 11 is 0. The van der Waals surface area contributed by atoms with Crippen LogP contribution >= 0.6 is 0 Å². The second kappa shape index (κ2) is 8.34. The molecule has 0 radical (unpaired) electrons. The van der Waals surface area contributed by atoms with Crippen molar-refractivity contribution in [2.24, 2.45) is 0 Å². The van der Waals surface area contributed by atoms with E-state index in [-0.39, 0.29) is 12.4 Å². The van der Waals surface area contributed by atoms with Crippen LogP contribution in [-0.4, -0.2) is 30.6 Å². The highest BCUT2D eigenvalue weighted by atomic mass is 16.5. The first-order valence-corrected chi connectivity index (χ1v) is 6.83. The van der Waals surface area contributed by atoms with E-state index in [0.29, 0.717) is 12.5 Å². The Morgan fingerprint density at radius 3 is 2.55 bits per heavy atom. The third-order valence-corrected chi connectivity index (χ3v) is 3.30. The number of esters is 1. The molecule has 0 heterocycles. The summed E-state index contributed by atoms with van der Waals surface area (Å²) in [5.74, 6) is -0.231. The van der Waals surface area contributed by atoms with Crippen LogP contribution in [0.4, 0.5) is 0 Å². The standard InChI is InChI=1S/C16H22N2O2/c1-13(2)18(10-6-9-17)12-15-8-5-4-7-14(15)11-16(19)20-3/h4-5,7-8,13H,6,10-12H2,1-3H3. The number of hydrogen-bond donors (Lipinski definition) is 0. The summed E-state index contributed by atoms with van der Waals surface area (Å²) in [5, 5.41) is 8.73. The highest BCUT2D eigenvalue weighted by Crippen LogP contribution is 2.15. The van der Waals surface area contributed by atoms with Crippen molar-refractivity contribution >= 4 is 5.97 Å². The third-order valence-electron chi connectivity index (χ3n) is 3.30. The van der Waals surface area contributed by atoms with Gasteiger partial charge in [0.15, 0.2) is 0 Å². The maximum atomic E-state index is 11.4. The van der Waals surface area contributed by atoms with Crippen LogP contribution in [0.5, 0.6) is 0 Å². The molecule has 0 atom stereocenters. The molecule has 1 aromatic rings. The topological polar surface area (TPSA) is 53.3 Å². The van der Waals surface area contributed by atoms with Gasteiger partial charge in [0.2, 0.25) is 0 Å². The van der Waals surface area contributed by atoms with Crippen LogP contribution in [0.2, 0.25) is 0 Å². The fraction of sp³-hybridized carbons (Fsp3) is 0.500. The zero-order valence-electron chi connectivity index (χ0n) is 12.4. The monoisotopic (exact) mass is 274 g/mol. The van der Waals surface area contributed by atoms with Crippen molar-refractivity contribution in [2.45, 2.75) is 39.3 Å². The fourth-order valence-electron chi connectivity index (χ4n) is 2.04. The fourth-order valence-corrected chi connectivity index (χ4v) is 2.04. The second-order valence-electron chi connectivity index (χ2n) is 4.99. The lowest BCUT2D eigenvalue weighted by atomic mass is 10.0. The molecule has 0 spiro atoms. The number of nitriles is 1. The molecule has 1 aromatic carbocycles. The molecule has 0 saturated heterocycles. The molecule has 0 unspecified atom stereocenters. The van der Waals surface area contributed by atoms with Crippen molar-refractivity contribution in [1.82, 2.24) is 4.90 Å². The van der Waals surface area contributed by atoms with Crippen LogP contribution < -0.4 is 0 Å².